The highest BCUT2D eigenvalue weighted by Gasteiger charge is 2.53. The van der Waals surface area contributed by atoms with Crippen molar-refractivity contribution in [1.82, 2.24) is 0 Å². The molecule has 0 amide bonds. The number of hydrogen-bond donors (Lipinski definition) is 0. The van der Waals surface area contributed by atoms with E-state index in [2.05, 4.69) is 24.3 Å². The molecule has 0 radical (unpaired) electrons. The number of esters is 2. The van der Waals surface area contributed by atoms with Gasteiger partial charge in [0.15, 0.2) is 0 Å². The first kappa shape index (κ1) is 26.0. The van der Waals surface area contributed by atoms with E-state index >= 15 is 0 Å². The molecule has 8 heteroatoms. The van der Waals surface area contributed by atoms with Gasteiger partial charge >= 0.3 is 11.9 Å². The second-order valence-corrected chi connectivity index (χ2v) is 12.3. The van der Waals surface area contributed by atoms with E-state index in [0.717, 1.165) is 25.7 Å². The summed E-state index contributed by atoms with van der Waals surface area (Å²) in [6, 6.07) is 17.8. The minimum absolute atomic E-state index is 0.0421. The van der Waals surface area contributed by atoms with Crippen molar-refractivity contribution in [2.45, 2.75) is 43.8 Å². The van der Waals surface area contributed by atoms with Gasteiger partial charge in [0.1, 0.15) is 12.2 Å². The van der Waals surface area contributed by atoms with Crippen molar-refractivity contribution in [2.75, 3.05) is 0 Å². The molecule has 3 aromatic carbocycles. The van der Waals surface area contributed by atoms with Crippen LogP contribution in [0.5, 0.6) is 0 Å². The highest BCUT2D eigenvalue weighted by Crippen LogP contribution is 2.54. The fourth-order valence-corrected chi connectivity index (χ4v) is 7.80. The van der Waals surface area contributed by atoms with Crippen molar-refractivity contribution in [3.05, 3.63) is 103 Å². The predicted octanol–water partition coefficient (Wildman–Crippen LogP) is 8.44. The second kappa shape index (κ2) is 10.4. The van der Waals surface area contributed by atoms with E-state index in [1.54, 1.807) is 12.1 Å². The molecule has 3 aromatic rings. The van der Waals surface area contributed by atoms with Crippen LogP contribution in [0.15, 0.2) is 60.7 Å². The van der Waals surface area contributed by atoms with Crippen LogP contribution in [0.2, 0.25) is 20.1 Å². The zero-order chi connectivity index (χ0) is 26.6. The van der Waals surface area contributed by atoms with E-state index in [4.69, 9.17) is 55.9 Å². The Kier molecular flexibility index (Phi) is 7.11. The Hall–Kier alpha value is -2.24. The molecule has 4 nitrogen and oxygen atoms in total. The number of carbonyl (C=O) groups is 2. The van der Waals surface area contributed by atoms with Crippen LogP contribution in [0.25, 0.3) is 0 Å². The molecule has 4 unspecified atom stereocenters. The minimum atomic E-state index is -0.599. The van der Waals surface area contributed by atoms with Gasteiger partial charge in [-0.3, -0.25) is 0 Å². The molecule has 0 spiro atoms. The van der Waals surface area contributed by atoms with E-state index in [1.807, 2.05) is 0 Å². The molecule has 0 aliphatic heterocycles. The molecular formula is C30H24Cl4O4. The highest BCUT2D eigenvalue weighted by atomic mass is 35.5. The Labute approximate surface area is 241 Å². The number of hydrogen-bond acceptors (Lipinski definition) is 4. The molecule has 6 atom stereocenters. The maximum absolute atomic E-state index is 13.3. The minimum Gasteiger partial charge on any atom is -0.455 e. The molecule has 2 fully saturated rings. The van der Waals surface area contributed by atoms with Gasteiger partial charge in [-0.15, -0.1) is 0 Å². The zero-order valence-electron chi connectivity index (χ0n) is 20.2. The number of halogens is 4. The molecule has 3 aliphatic carbocycles. The van der Waals surface area contributed by atoms with Crippen molar-refractivity contribution in [1.29, 1.82) is 0 Å². The van der Waals surface area contributed by atoms with E-state index < -0.39 is 24.1 Å². The average molecular weight is 590 g/mol. The van der Waals surface area contributed by atoms with Gasteiger partial charge in [0.05, 0.1) is 11.1 Å². The molecule has 0 N–H and O–H groups in total. The van der Waals surface area contributed by atoms with E-state index in [1.165, 1.54) is 35.4 Å². The quantitative estimate of drug-likeness (QED) is 0.286. The van der Waals surface area contributed by atoms with Gasteiger partial charge in [0.25, 0.3) is 0 Å². The van der Waals surface area contributed by atoms with Gasteiger partial charge in [-0.25, -0.2) is 9.59 Å². The van der Waals surface area contributed by atoms with Crippen LogP contribution >= 0.6 is 46.4 Å². The first-order valence-electron chi connectivity index (χ1n) is 12.7. The Morgan fingerprint density at radius 2 is 1.11 bits per heavy atom. The molecule has 2 bridgehead atoms. The first-order chi connectivity index (χ1) is 18.2. The fraction of sp³-hybridized carbons (Fsp3) is 0.333. The van der Waals surface area contributed by atoms with Gasteiger partial charge in [0.2, 0.25) is 0 Å². The average Bonchev–Trinajstić information content (AvgIpc) is 3.27. The highest BCUT2D eigenvalue weighted by molar-refractivity contribution is 6.35. The van der Waals surface area contributed by atoms with Crippen molar-refractivity contribution in [3.8, 4) is 0 Å². The lowest BCUT2D eigenvalue weighted by molar-refractivity contribution is -0.0518. The third-order valence-corrected chi connectivity index (χ3v) is 9.08. The van der Waals surface area contributed by atoms with Crippen LogP contribution in [0.4, 0.5) is 0 Å². The molecule has 196 valence electrons. The molecule has 0 heterocycles. The van der Waals surface area contributed by atoms with Crippen LogP contribution in [0.1, 0.15) is 57.0 Å². The van der Waals surface area contributed by atoms with Crippen LogP contribution in [-0.2, 0) is 15.9 Å². The maximum Gasteiger partial charge on any atom is 0.338 e. The Morgan fingerprint density at radius 3 is 1.66 bits per heavy atom. The summed E-state index contributed by atoms with van der Waals surface area (Å²) in [6.07, 6.45) is 2.40. The number of ether oxygens (including phenoxy) is 2. The van der Waals surface area contributed by atoms with Gasteiger partial charge in [-0.2, -0.15) is 0 Å². The van der Waals surface area contributed by atoms with E-state index in [9.17, 15) is 9.59 Å². The smallest absolute Gasteiger partial charge is 0.338 e. The second-order valence-electron chi connectivity index (χ2n) is 10.6. The summed E-state index contributed by atoms with van der Waals surface area (Å²) in [5, 5.41) is 1.38. The monoisotopic (exact) mass is 588 g/mol. The van der Waals surface area contributed by atoms with Crippen molar-refractivity contribution < 1.29 is 19.1 Å². The summed E-state index contributed by atoms with van der Waals surface area (Å²) < 4.78 is 12.2. The van der Waals surface area contributed by atoms with Crippen molar-refractivity contribution in [3.63, 3.8) is 0 Å². The molecule has 2 saturated carbocycles. The lowest BCUT2D eigenvalue weighted by Crippen LogP contribution is -2.39. The summed E-state index contributed by atoms with van der Waals surface area (Å²) >= 11 is 24.5. The normalized spacial score (nSPS) is 27.3. The molecular weight excluding hydrogens is 566 g/mol. The predicted molar refractivity (Wildman–Crippen MR) is 149 cm³/mol. The van der Waals surface area contributed by atoms with E-state index in [-0.39, 0.29) is 23.0 Å². The van der Waals surface area contributed by atoms with Crippen molar-refractivity contribution >= 4 is 58.3 Å². The molecule has 3 aliphatic rings. The van der Waals surface area contributed by atoms with Gasteiger partial charge < -0.3 is 9.47 Å². The van der Waals surface area contributed by atoms with Gasteiger partial charge in [-0.05, 0) is 85.0 Å². The SMILES string of the molecule is O=C(O[C@@H]1C2CC3Cc4ccccc4C3CC(C2)[C@@H]1OC(=O)c1cc(Cl)cc(Cl)c1)c1cc(Cl)cc(Cl)c1. The summed E-state index contributed by atoms with van der Waals surface area (Å²) in [4.78, 5) is 26.5. The third kappa shape index (κ3) is 5.04. The lowest BCUT2D eigenvalue weighted by Gasteiger charge is -2.33. The molecule has 0 aromatic heterocycles. The summed E-state index contributed by atoms with van der Waals surface area (Å²) in [5.41, 5.74) is 3.30. The van der Waals surface area contributed by atoms with Crippen molar-refractivity contribution in [2.24, 2.45) is 17.8 Å². The fourth-order valence-electron chi connectivity index (χ4n) is 6.75. The topological polar surface area (TPSA) is 52.6 Å². The van der Waals surface area contributed by atoms with Crippen LogP contribution in [-0.4, -0.2) is 24.1 Å². The zero-order valence-corrected chi connectivity index (χ0v) is 23.2. The number of carbonyl (C=O) groups excluding carboxylic acids is 2. The number of fused-ring (bicyclic) bond motifs is 5. The van der Waals surface area contributed by atoms with Crippen LogP contribution in [0, 0.1) is 17.8 Å². The largest absolute Gasteiger partial charge is 0.455 e. The summed E-state index contributed by atoms with van der Waals surface area (Å²) in [7, 11) is 0. The van der Waals surface area contributed by atoms with Crippen LogP contribution in [0.3, 0.4) is 0 Å². The van der Waals surface area contributed by atoms with Crippen LogP contribution < -0.4 is 0 Å². The van der Waals surface area contributed by atoms with E-state index in [0.29, 0.717) is 31.9 Å². The Bertz CT molecular complexity index is 1380. The number of benzene rings is 3. The first-order valence-corrected chi connectivity index (χ1v) is 14.2. The third-order valence-electron chi connectivity index (χ3n) is 8.21. The Balaban J connectivity index is 1.31. The molecule has 6 rings (SSSR count). The summed E-state index contributed by atoms with van der Waals surface area (Å²) in [6.45, 7) is 0. The lowest BCUT2D eigenvalue weighted by atomic mass is 9.80. The standard InChI is InChI=1S/C30H24Cl4O4/c31-21-8-19(9-22(32)13-21)29(35)37-27-17-6-16-5-15-3-1-2-4-25(15)26(16)12-18(7-17)28(27)38-30(36)20-10-23(33)14-24(34)11-20/h1-4,8-11,13-14,16-18,26-28H,5-7,12H2/t16?,17?,18?,26?,27-,28+/m1/s1. The van der Waals surface area contributed by atoms with Gasteiger partial charge in [0, 0.05) is 31.9 Å². The Morgan fingerprint density at radius 1 is 0.632 bits per heavy atom. The molecule has 38 heavy (non-hydrogen) atoms. The number of rotatable bonds is 4. The maximum atomic E-state index is 13.3. The molecule has 0 saturated heterocycles. The summed E-state index contributed by atoms with van der Waals surface area (Å²) in [5.74, 6) is -0.118. The van der Waals surface area contributed by atoms with Gasteiger partial charge in [-0.1, -0.05) is 70.7 Å².